The zero-order valence-electron chi connectivity index (χ0n) is 8.93. The first-order valence-electron chi connectivity index (χ1n) is 5.07. The van der Waals surface area contributed by atoms with Gasteiger partial charge in [0.05, 0.1) is 18.0 Å². The summed E-state index contributed by atoms with van der Waals surface area (Å²) in [5.74, 6) is 0.359. The van der Waals surface area contributed by atoms with Crippen LogP contribution in [0.4, 0.5) is 4.79 Å². The monoisotopic (exact) mass is 206 g/mol. The zero-order chi connectivity index (χ0) is 10.8. The standard InChI is InChI=1S/C11H14N2O2/c1-8(2)7-15-11(14)13-6-4-9-10(13)3-5-12-9/h3-5,8H,6-7H2,1-2H3. The van der Waals surface area contributed by atoms with E-state index in [0.717, 1.165) is 11.4 Å². The molecule has 0 bridgehead atoms. The summed E-state index contributed by atoms with van der Waals surface area (Å²) in [6.07, 6.45) is 5.16. The molecule has 0 aromatic rings. The lowest BCUT2D eigenvalue weighted by atomic mass is 10.2. The molecular formula is C11H14N2O2. The highest BCUT2D eigenvalue weighted by Crippen LogP contribution is 2.26. The summed E-state index contributed by atoms with van der Waals surface area (Å²) in [6.45, 7) is 5.05. The maximum Gasteiger partial charge on any atom is 0.414 e. The molecule has 2 aliphatic heterocycles. The molecule has 2 aliphatic rings. The van der Waals surface area contributed by atoms with Crippen LogP contribution in [0.3, 0.4) is 0 Å². The SMILES string of the molecule is CC(C)COC(=O)N1CC=C2N=CC=C21. The number of carbonyl (C=O) groups excluding carboxylic acids is 1. The van der Waals surface area contributed by atoms with E-state index in [9.17, 15) is 4.79 Å². The van der Waals surface area contributed by atoms with Gasteiger partial charge in [-0.2, -0.15) is 0 Å². The Labute approximate surface area is 88.9 Å². The van der Waals surface area contributed by atoms with E-state index in [1.165, 1.54) is 0 Å². The minimum atomic E-state index is -0.285. The Bertz CT molecular complexity index is 367. The van der Waals surface area contributed by atoms with Crippen LogP contribution < -0.4 is 0 Å². The normalized spacial score (nSPS) is 17.9. The Morgan fingerprint density at radius 3 is 3.20 bits per heavy atom. The van der Waals surface area contributed by atoms with Crippen LogP contribution in [-0.2, 0) is 4.74 Å². The lowest BCUT2D eigenvalue weighted by Crippen LogP contribution is -2.29. The molecule has 2 heterocycles. The molecule has 4 heteroatoms. The molecule has 0 unspecified atom stereocenters. The third-order valence-electron chi connectivity index (χ3n) is 2.23. The van der Waals surface area contributed by atoms with Crippen LogP contribution in [0.25, 0.3) is 0 Å². The van der Waals surface area contributed by atoms with Crippen molar-refractivity contribution >= 4 is 12.3 Å². The number of amides is 1. The van der Waals surface area contributed by atoms with Crippen molar-refractivity contribution in [1.29, 1.82) is 0 Å². The molecule has 0 aromatic heterocycles. The van der Waals surface area contributed by atoms with Gasteiger partial charge >= 0.3 is 6.09 Å². The van der Waals surface area contributed by atoms with E-state index in [-0.39, 0.29) is 6.09 Å². The fourth-order valence-corrected chi connectivity index (χ4v) is 1.49. The fourth-order valence-electron chi connectivity index (χ4n) is 1.49. The van der Waals surface area contributed by atoms with Crippen LogP contribution in [-0.4, -0.2) is 30.4 Å². The molecule has 0 spiro atoms. The van der Waals surface area contributed by atoms with E-state index in [0.29, 0.717) is 19.1 Å². The Kier molecular flexibility index (Phi) is 2.58. The van der Waals surface area contributed by atoms with Crippen molar-refractivity contribution in [3.8, 4) is 0 Å². The number of aliphatic imine (C=N–C) groups is 1. The van der Waals surface area contributed by atoms with Crippen LogP contribution >= 0.6 is 0 Å². The summed E-state index contributed by atoms with van der Waals surface area (Å²) in [6, 6.07) is 0. The van der Waals surface area contributed by atoms with Gasteiger partial charge in [-0.3, -0.25) is 9.89 Å². The zero-order valence-corrected chi connectivity index (χ0v) is 8.93. The lowest BCUT2D eigenvalue weighted by Gasteiger charge is -2.17. The molecule has 15 heavy (non-hydrogen) atoms. The number of carbonyl (C=O) groups is 1. The van der Waals surface area contributed by atoms with E-state index < -0.39 is 0 Å². The fraction of sp³-hybridized carbons (Fsp3) is 0.455. The number of rotatable bonds is 2. The number of fused-ring (bicyclic) bond motifs is 1. The molecule has 4 nitrogen and oxygen atoms in total. The summed E-state index contributed by atoms with van der Waals surface area (Å²) in [7, 11) is 0. The second-order valence-electron chi connectivity index (χ2n) is 4.00. The number of nitrogens with zero attached hydrogens (tertiary/aromatic N) is 2. The van der Waals surface area contributed by atoms with Crippen molar-refractivity contribution in [3.63, 3.8) is 0 Å². The largest absolute Gasteiger partial charge is 0.449 e. The predicted octanol–water partition coefficient (Wildman–Crippen LogP) is 1.95. The smallest absolute Gasteiger partial charge is 0.414 e. The maximum atomic E-state index is 11.7. The van der Waals surface area contributed by atoms with Crippen molar-refractivity contribution < 1.29 is 9.53 Å². The van der Waals surface area contributed by atoms with E-state index in [4.69, 9.17) is 4.74 Å². The molecule has 0 aliphatic carbocycles. The summed E-state index contributed by atoms with van der Waals surface area (Å²) in [5, 5.41) is 0. The first-order chi connectivity index (χ1) is 7.18. The van der Waals surface area contributed by atoms with Crippen LogP contribution in [0.2, 0.25) is 0 Å². The Balaban J connectivity index is 1.94. The van der Waals surface area contributed by atoms with Crippen LogP contribution in [0.5, 0.6) is 0 Å². The Morgan fingerprint density at radius 2 is 2.47 bits per heavy atom. The Morgan fingerprint density at radius 1 is 1.67 bits per heavy atom. The molecular weight excluding hydrogens is 192 g/mol. The summed E-state index contributed by atoms with van der Waals surface area (Å²) in [5.41, 5.74) is 1.72. The van der Waals surface area contributed by atoms with Gasteiger partial charge in [-0.15, -0.1) is 0 Å². The highest BCUT2D eigenvalue weighted by atomic mass is 16.6. The predicted molar refractivity (Wildman–Crippen MR) is 57.6 cm³/mol. The summed E-state index contributed by atoms with van der Waals surface area (Å²) in [4.78, 5) is 17.4. The number of hydrogen-bond donors (Lipinski definition) is 0. The molecule has 2 rings (SSSR count). The Hall–Kier alpha value is -1.58. The number of hydrogen-bond acceptors (Lipinski definition) is 3. The van der Waals surface area contributed by atoms with Gasteiger partial charge in [0.15, 0.2) is 0 Å². The lowest BCUT2D eigenvalue weighted by molar-refractivity contribution is 0.107. The summed E-state index contributed by atoms with van der Waals surface area (Å²) >= 11 is 0. The molecule has 0 saturated heterocycles. The highest BCUT2D eigenvalue weighted by Gasteiger charge is 2.27. The van der Waals surface area contributed by atoms with Gasteiger partial charge in [0.1, 0.15) is 0 Å². The average Bonchev–Trinajstić information content (AvgIpc) is 2.74. The van der Waals surface area contributed by atoms with Gasteiger partial charge in [-0.1, -0.05) is 13.8 Å². The maximum absolute atomic E-state index is 11.7. The third kappa shape index (κ3) is 1.93. The van der Waals surface area contributed by atoms with Crippen LogP contribution in [0.15, 0.2) is 28.5 Å². The van der Waals surface area contributed by atoms with Crippen molar-refractivity contribution in [2.45, 2.75) is 13.8 Å². The molecule has 1 amide bonds. The highest BCUT2D eigenvalue weighted by molar-refractivity contribution is 5.84. The van der Waals surface area contributed by atoms with Crippen molar-refractivity contribution in [2.75, 3.05) is 13.2 Å². The quantitative estimate of drug-likeness (QED) is 0.693. The van der Waals surface area contributed by atoms with Gasteiger partial charge in [0, 0.05) is 12.8 Å². The average molecular weight is 206 g/mol. The van der Waals surface area contributed by atoms with E-state index >= 15 is 0 Å². The molecule has 80 valence electrons. The van der Waals surface area contributed by atoms with Gasteiger partial charge in [0.2, 0.25) is 0 Å². The third-order valence-corrected chi connectivity index (χ3v) is 2.23. The van der Waals surface area contributed by atoms with Gasteiger partial charge < -0.3 is 4.74 Å². The molecule has 0 fully saturated rings. The van der Waals surface area contributed by atoms with Crippen molar-refractivity contribution in [2.24, 2.45) is 10.9 Å². The molecule has 0 aromatic carbocycles. The van der Waals surface area contributed by atoms with E-state index in [1.54, 1.807) is 11.1 Å². The number of allylic oxidation sites excluding steroid dienone is 1. The second kappa shape index (κ2) is 3.88. The van der Waals surface area contributed by atoms with Gasteiger partial charge in [-0.05, 0) is 18.1 Å². The topological polar surface area (TPSA) is 41.9 Å². The van der Waals surface area contributed by atoms with E-state index in [1.807, 2.05) is 26.0 Å². The van der Waals surface area contributed by atoms with Crippen LogP contribution in [0, 0.1) is 5.92 Å². The first-order valence-corrected chi connectivity index (χ1v) is 5.07. The first kappa shape index (κ1) is 9.96. The van der Waals surface area contributed by atoms with Crippen LogP contribution in [0.1, 0.15) is 13.8 Å². The van der Waals surface area contributed by atoms with Gasteiger partial charge in [0.25, 0.3) is 0 Å². The summed E-state index contributed by atoms with van der Waals surface area (Å²) < 4.78 is 5.15. The minimum Gasteiger partial charge on any atom is -0.449 e. The number of ether oxygens (including phenoxy) is 1. The molecule has 0 atom stereocenters. The van der Waals surface area contributed by atoms with Crippen molar-refractivity contribution in [3.05, 3.63) is 23.5 Å². The molecule has 0 N–H and O–H groups in total. The molecule has 0 saturated carbocycles. The second-order valence-corrected chi connectivity index (χ2v) is 4.00. The minimum absolute atomic E-state index is 0.285. The van der Waals surface area contributed by atoms with Crippen molar-refractivity contribution in [1.82, 2.24) is 4.90 Å². The van der Waals surface area contributed by atoms with E-state index in [2.05, 4.69) is 4.99 Å². The molecule has 0 radical (unpaired) electrons. The van der Waals surface area contributed by atoms with Gasteiger partial charge in [-0.25, -0.2) is 4.79 Å².